The lowest BCUT2D eigenvalue weighted by atomic mass is 9.79. The maximum Gasteiger partial charge on any atom is 0.340 e. The van der Waals surface area contributed by atoms with E-state index in [1.54, 1.807) is 0 Å². The molecular weight excluding hydrogens is 462 g/mol. The number of hydrogen-bond acceptors (Lipinski definition) is 4. The molecule has 4 aliphatic heterocycles. The zero-order valence-corrected chi connectivity index (χ0v) is 20.7. The Labute approximate surface area is 204 Å². The summed E-state index contributed by atoms with van der Waals surface area (Å²) in [6.07, 6.45) is -1.58. The standard InChI is InChI=1S/C28H26F2N2O2Si/c1-35(2)25-11-19(31-13-17(29)14-31)7-9-23(25)28(22-6-4-3-5-21(22)27(33)34-28)24-10-8-20(12-26(24)35)32-15-18(30)16-32/h3-12,17-18H,13-16H2,1-2H3. The quantitative estimate of drug-likeness (QED) is 0.408. The van der Waals surface area contributed by atoms with E-state index >= 15 is 0 Å². The summed E-state index contributed by atoms with van der Waals surface area (Å²) in [6, 6.07) is 20.3. The van der Waals surface area contributed by atoms with Crippen LogP contribution in [0.2, 0.25) is 13.1 Å². The second-order valence-electron chi connectivity index (χ2n) is 10.7. The van der Waals surface area contributed by atoms with E-state index < -0.39 is 26.0 Å². The van der Waals surface area contributed by atoms with Gasteiger partial charge in [-0.2, -0.15) is 0 Å². The summed E-state index contributed by atoms with van der Waals surface area (Å²) in [5, 5.41) is 2.39. The van der Waals surface area contributed by atoms with Crippen molar-refractivity contribution in [2.24, 2.45) is 0 Å². The van der Waals surface area contributed by atoms with E-state index in [9.17, 15) is 13.6 Å². The first-order chi connectivity index (χ1) is 16.8. The van der Waals surface area contributed by atoms with Crippen molar-refractivity contribution in [2.75, 3.05) is 36.0 Å². The molecule has 3 aromatic carbocycles. The van der Waals surface area contributed by atoms with E-state index in [1.807, 2.05) is 36.4 Å². The Bertz CT molecular complexity index is 1320. The molecule has 178 valence electrons. The van der Waals surface area contributed by atoms with Crippen LogP contribution in [0.5, 0.6) is 0 Å². The molecule has 1 spiro atoms. The Balaban J connectivity index is 1.48. The number of hydrogen-bond donors (Lipinski definition) is 0. The van der Waals surface area contributed by atoms with Gasteiger partial charge in [-0.15, -0.1) is 0 Å². The average molecular weight is 489 g/mol. The van der Waals surface area contributed by atoms with Crippen molar-refractivity contribution in [2.45, 2.75) is 31.0 Å². The van der Waals surface area contributed by atoms with Crippen molar-refractivity contribution in [3.63, 3.8) is 0 Å². The van der Waals surface area contributed by atoms with Crippen molar-refractivity contribution in [3.8, 4) is 0 Å². The van der Waals surface area contributed by atoms with E-state index in [2.05, 4.69) is 47.2 Å². The van der Waals surface area contributed by atoms with Gasteiger partial charge in [0.1, 0.15) is 20.4 Å². The molecule has 0 aromatic heterocycles. The van der Waals surface area contributed by atoms with Crippen LogP contribution in [0.25, 0.3) is 0 Å². The summed E-state index contributed by atoms with van der Waals surface area (Å²) < 4.78 is 33.7. The number of carbonyl (C=O) groups is 1. The van der Waals surface area contributed by atoms with Crippen LogP contribution in [0.4, 0.5) is 20.2 Å². The number of halogens is 2. The first-order valence-corrected chi connectivity index (χ1v) is 15.2. The van der Waals surface area contributed by atoms with Gasteiger partial charge in [0.05, 0.1) is 31.7 Å². The molecule has 0 bridgehead atoms. The molecule has 0 saturated carbocycles. The van der Waals surface area contributed by atoms with Crippen LogP contribution in [0, 0.1) is 0 Å². The number of benzene rings is 3. The van der Waals surface area contributed by atoms with Gasteiger partial charge in [-0.05, 0) is 40.7 Å². The smallest absolute Gasteiger partial charge is 0.340 e. The Morgan fingerprint density at radius 3 is 1.83 bits per heavy atom. The second kappa shape index (κ2) is 6.94. The van der Waals surface area contributed by atoms with Crippen LogP contribution in [-0.2, 0) is 10.3 Å². The monoisotopic (exact) mass is 488 g/mol. The van der Waals surface area contributed by atoms with Gasteiger partial charge >= 0.3 is 5.97 Å². The first kappa shape index (κ1) is 21.1. The summed E-state index contributed by atoms with van der Waals surface area (Å²) in [7, 11) is -2.27. The van der Waals surface area contributed by atoms with Gasteiger partial charge in [-0.25, -0.2) is 13.6 Å². The predicted octanol–water partition coefficient (Wildman–Crippen LogP) is 3.60. The molecule has 0 atom stereocenters. The molecule has 7 heteroatoms. The molecule has 0 aliphatic carbocycles. The van der Waals surface area contributed by atoms with E-state index in [-0.39, 0.29) is 5.97 Å². The van der Waals surface area contributed by atoms with E-state index in [0.29, 0.717) is 31.7 Å². The number of ether oxygens (including phenoxy) is 1. The highest BCUT2D eigenvalue weighted by molar-refractivity contribution is 7.01. The summed E-state index contributed by atoms with van der Waals surface area (Å²) >= 11 is 0. The van der Waals surface area contributed by atoms with Gasteiger partial charge in [-0.3, -0.25) is 0 Å². The Morgan fingerprint density at radius 2 is 1.31 bits per heavy atom. The Hall–Kier alpha value is -3.19. The SMILES string of the molecule is C[Si]1(C)c2cc(N3CC(F)C3)ccc2C2(OC(=O)c3ccccc32)c2ccc(N3CC(F)C3)cc21. The zero-order valence-electron chi connectivity index (χ0n) is 19.7. The van der Waals surface area contributed by atoms with Gasteiger partial charge in [0.25, 0.3) is 0 Å². The zero-order chi connectivity index (χ0) is 24.1. The largest absolute Gasteiger partial charge is 0.441 e. The van der Waals surface area contributed by atoms with Crippen LogP contribution >= 0.6 is 0 Å². The highest BCUT2D eigenvalue weighted by atomic mass is 28.3. The second-order valence-corrected chi connectivity index (χ2v) is 15.0. The van der Waals surface area contributed by atoms with Crippen molar-refractivity contribution in [1.82, 2.24) is 0 Å². The highest BCUT2D eigenvalue weighted by Gasteiger charge is 2.56. The normalized spacial score (nSPS) is 21.7. The van der Waals surface area contributed by atoms with Crippen LogP contribution in [0.1, 0.15) is 27.0 Å². The molecular formula is C28H26F2N2O2Si. The number of fused-ring (bicyclic) bond motifs is 6. The predicted molar refractivity (Wildman–Crippen MR) is 136 cm³/mol. The average Bonchev–Trinajstić information content (AvgIpc) is 3.12. The number of alkyl halides is 2. The summed E-state index contributed by atoms with van der Waals surface area (Å²) in [5.74, 6) is -0.321. The number of carbonyl (C=O) groups excluding carboxylic acids is 1. The lowest BCUT2D eigenvalue weighted by Crippen LogP contribution is -2.64. The minimum absolute atomic E-state index is 0.321. The molecule has 3 aromatic rings. The number of rotatable bonds is 2. The molecule has 2 fully saturated rings. The third kappa shape index (κ3) is 2.73. The third-order valence-electron chi connectivity index (χ3n) is 8.29. The molecule has 35 heavy (non-hydrogen) atoms. The van der Waals surface area contributed by atoms with E-state index in [4.69, 9.17) is 4.74 Å². The van der Waals surface area contributed by atoms with Gasteiger partial charge < -0.3 is 14.5 Å². The topological polar surface area (TPSA) is 32.8 Å². The van der Waals surface area contributed by atoms with Crippen LogP contribution in [-0.4, -0.2) is 52.6 Å². The van der Waals surface area contributed by atoms with Gasteiger partial charge in [0, 0.05) is 28.1 Å². The minimum atomic E-state index is -2.27. The number of esters is 1. The van der Waals surface area contributed by atoms with Crippen molar-refractivity contribution in [1.29, 1.82) is 0 Å². The molecule has 0 radical (unpaired) electrons. The molecule has 4 heterocycles. The minimum Gasteiger partial charge on any atom is -0.441 e. The molecule has 4 aliphatic rings. The lowest BCUT2D eigenvalue weighted by Gasteiger charge is -2.46. The summed E-state index contributed by atoms with van der Waals surface area (Å²) in [5.41, 5.74) is 4.45. The first-order valence-electron chi connectivity index (χ1n) is 12.2. The lowest BCUT2D eigenvalue weighted by molar-refractivity contribution is 0.0255. The van der Waals surface area contributed by atoms with E-state index in [1.165, 1.54) is 10.4 Å². The van der Waals surface area contributed by atoms with Gasteiger partial charge in [0.2, 0.25) is 0 Å². The molecule has 4 nitrogen and oxygen atoms in total. The molecule has 2 saturated heterocycles. The number of anilines is 2. The van der Waals surface area contributed by atoms with Crippen molar-refractivity contribution >= 4 is 35.8 Å². The van der Waals surface area contributed by atoms with Crippen LogP contribution in [0.3, 0.4) is 0 Å². The molecule has 0 N–H and O–H groups in total. The molecule has 0 amide bonds. The third-order valence-corrected chi connectivity index (χ3v) is 11.8. The van der Waals surface area contributed by atoms with Crippen LogP contribution in [0.15, 0.2) is 60.7 Å². The van der Waals surface area contributed by atoms with Crippen LogP contribution < -0.4 is 20.2 Å². The highest BCUT2D eigenvalue weighted by Crippen LogP contribution is 2.49. The van der Waals surface area contributed by atoms with E-state index in [0.717, 1.165) is 28.1 Å². The van der Waals surface area contributed by atoms with Crippen molar-refractivity contribution in [3.05, 3.63) is 82.9 Å². The summed E-state index contributed by atoms with van der Waals surface area (Å²) in [4.78, 5) is 17.3. The summed E-state index contributed by atoms with van der Waals surface area (Å²) in [6.45, 7) is 6.26. The molecule has 7 rings (SSSR count). The maximum absolute atomic E-state index is 13.7. The fraction of sp³-hybridized carbons (Fsp3) is 0.321. The maximum atomic E-state index is 13.7. The fourth-order valence-electron chi connectivity index (χ4n) is 6.28. The Kier molecular flexibility index (Phi) is 4.19. The Morgan fingerprint density at radius 1 is 0.800 bits per heavy atom. The fourth-order valence-corrected chi connectivity index (χ4v) is 9.46. The number of nitrogens with zero attached hydrogens (tertiary/aromatic N) is 2. The van der Waals surface area contributed by atoms with Gasteiger partial charge in [0.15, 0.2) is 5.60 Å². The van der Waals surface area contributed by atoms with Gasteiger partial charge in [-0.1, -0.05) is 43.4 Å². The van der Waals surface area contributed by atoms with Crippen molar-refractivity contribution < 1.29 is 18.3 Å². The molecule has 0 unspecified atom stereocenters.